The first-order valence-electron chi connectivity index (χ1n) is 12.6. The molecule has 4 fully saturated rings. The molecule has 0 spiro atoms. The Labute approximate surface area is 214 Å². The number of hydrogen-bond donors (Lipinski definition) is 2. The predicted octanol–water partition coefficient (Wildman–Crippen LogP) is 2.94. The molecule has 0 radical (unpaired) electrons. The molecule has 3 bridgehead atoms. The zero-order valence-corrected chi connectivity index (χ0v) is 21.9. The van der Waals surface area contributed by atoms with Gasteiger partial charge in [-0.25, -0.2) is 18.2 Å². The molecule has 12 heteroatoms. The van der Waals surface area contributed by atoms with Crippen LogP contribution in [0.25, 0.3) is 10.2 Å². The van der Waals surface area contributed by atoms with Crippen molar-refractivity contribution in [3.05, 3.63) is 18.2 Å². The fraction of sp³-hybridized carbons (Fsp3) is 0.667. The van der Waals surface area contributed by atoms with E-state index in [0.29, 0.717) is 49.2 Å². The Bertz CT molecular complexity index is 1250. The van der Waals surface area contributed by atoms with Gasteiger partial charge in [-0.1, -0.05) is 18.3 Å². The fourth-order valence-electron chi connectivity index (χ4n) is 5.65. The van der Waals surface area contributed by atoms with Crippen LogP contribution in [0.5, 0.6) is 0 Å². The minimum Gasteiger partial charge on any atom is -0.443 e. The van der Waals surface area contributed by atoms with Gasteiger partial charge < -0.3 is 25.3 Å². The molecule has 2 aromatic rings. The van der Waals surface area contributed by atoms with Crippen LogP contribution in [-0.4, -0.2) is 68.5 Å². The lowest BCUT2D eigenvalue weighted by molar-refractivity contribution is -0.153. The second-order valence-corrected chi connectivity index (χ2v) is 13.8. The van der Waals surface area contributed by atoms with Crippen molar-refractivity contribution < 1.29 is 27.4 Å². The van der Waals surface area contributed by atoms with Gasteiger partial charge in [0, 0.05) is 31.5 Å². The van der Waals surface area contributed by atoms with Crippen LogP contribution >= 0.6 is 11.3 Å². The van der Waals surface area contributed by atoms with Crippen molar-refractivity contribution in [1.82, 2.24) is 14.6 Å². The number of hydrogen-bond acceptors (Lipinski definition) is 9. The minimum absolute atomic E-state index is 0.000216. The van der Waals surface area contributed by atoms with Crippen molar-refractivity contribution in [1.29, 1.82) is 0 Å². The standard InChI is InChI=1S/C24H32N4O6S2/c1-24(5-6-24)13-28(36(30,31)16-3-4-17-19(11-16)35-22(25)27-17)8-2-7-26-23(29)34-20-15-9-14-10-18(20)33-21(14)32-12-15/h3-4,11,14-15,18,20-21H,2,5-10,12-13H2,1H3,(H2,25,27)(H,26,29). The third kappa shape index (κ3) is 4.69. The second-order valence-electron chi connectivity index (χ2n) is 10.8. The summed E-state index contributed by atoms with van der Waals surface area (Å²) < 4.78 is 46.8. The van der Waals surface area contributed by atoms with Gasteiger partial charge >= 0.3 is 6.09 Å². The number of carbonyl (C=O) groups is 1. The van der Waals surface area contributed by atoms with E-state index in [0.717, 1.165) is 30.4 Å². The second kappa shape index (κ2) is 9.09. The van der Waals surface area contributed by atoms with E-state index in [1.807, 2.05) is 0 Å². The molecule has 2 saturated heterocycles. The minimum atomic E-state index is -3.71. The van der Waals surface area contributed by atoms with Crippen molar-refractivity contribution in [2.45, 2.75) is 62.4 Å². The van der Waals surface area contributed by atoms with Gasteiger partial charge in [0.15, 0.2) is 11.4 Å². The number of benzene rings is 1. The molecule has 5 atom stereocenters. The topological polar surface area (TPSA) is 133 Å². The summed E-state index contributed by atoms with van der Waals surface area (Å²) in [5, 5.41) is 3.21. The van der Waals surface area contributed by atoms with E-state index in [-0.39, 0.29) is 34.7 Å². The van der Waals surface area contributed by atoms with Gasteiger partial charge in [-0.05, 0) is 55.7 Å². The molecular weight excluding hydrogens is 504 g/mol. The van der Waals surface area contributed by atoms with E-state index in [4.69, 9.17) is 19.9 Å². The smallest absolute Gasteiger partial charge is 0.407 e. The number of nitrogens with one attached hydrogen (secondary N) is 1. The maximum absolute atomic E-state index is 13.6. The van der Waals surface area contributed by atoms with Gasteiger partial charge in [0.2, 0.25) is 10.0 Å². The molecular formula is C24H32N4O6S2. The van der Waals surface area contributed by atoms with E-state index in [9.17, 15) is 13.2 Å². The third-order valence-electron chi connectivity index (χ3n) is 7.91. The molecule has 36 heavy (non-hydrogen) atoms. The number of thiazole rings is 1. The summed E-state index contributed by atoms with van der Waals surface area (Å²) >= 11 is 1.27. The molecule has 6 rings (SSSR count). The van der Waals surface area contributed by atoms with Gasteiger partial charge in [-0.15, -0.1) is 0 Å². The molecule has 1 aromatic carbocycles. The van der Waals surface area contributed by atoms with E-state index < -0.39 is 16.1 Å². The summed E-state index contributed by atoms with van der Waals surface area (Å²) in [6, 6.07) is 4.93. The number of nitrogens with zero attached hydrogens (tertiary/aromatic N) is 2. The highest BCUT2D eigenvalue weighted by atomic mass is 32.2. The van der Waals surface area contributed by atoms with Gasteiger partial charge in [0.05, 0.1) is 27.8 Å². The summed E-state index contributed by atoms with van der Waals surface area (Å²) in [5.41, 5.74) is 6.48. The lowest BCUT2D eigenvalue weighted by Crippen LogP contribution is -2.46. The number of alkyl carbamates (subject to hydrolysis) is 1. The number of anilines is 1. The Hall–Kier alpha value is -1.99. The SMILES string of the molecule is CC1(CN(CCCNC(=O)OC2C3COC4OC2CC4C3)S(=O)(=O)c2ccc3nc(N)sc3c2)CC1. The van der Waals surface area contributed by atoms with Crippen molar-refractivity contribution in [3.63, 3.8) is 0 Å². The highest BCUT2D eigenvalue weighted by molar-refractivity contribution is 7.89. The molecule has 3 heterocycles. The average Bonchev–Trinajstić information content (AvgIpc) is 3.32. The summed E-state index contributed by atoms with van der Waals surface area (Å²) in [6.45, 7) is 3.73. The summed E-state index contributed by atoms with van der Waals surface area (Å²) in [4.78, 5) is 17.0. The number of nitrogens with two attached hydrogens (primary N) is 1. The first-order chi connectivity index (χ1) is 17.2. The van der Waals surface area contributed by atoms with Crippen molar-refractivity contribution >= 4 is 42.8 Å². The normalized spacial score (nSPS) is 30.1. The number of nitrogen functional groups attached to an aromatic ring is 1. The van der Waals surface area contributed by atoms with Gasteiger partial charge in [0.1, 0.15) is 6.10 Å². The van der Waals surface area contributed by atoms with Crippen LogP contribution in [0, 0.1) is 17.3 Å². The van der Waals surface area contributed by atoms with Crippen LogP contribution in [0.3, 0.4) is 0 Å². The van der Waals surface area contributed by atoms with Gasteiger partial charge in [-0.3, -0.25) is 0 Å². The molecule has 1 aromatic heterocycles. The van der Waals surface area contributed by atoms with Crippen molar-refractivity contribution in [3.8, 4) is 0 Å². The van der Waals surface area contributed by atoms with Crippen molar-refractivity contribution in [2.24, 2.45) is 17.3 Å². The van der Waals surface area contributed by atoms with Gasteiger partial charge in [0.25, 0.3) is 0 Å². The van der Waals surface area contributed by atoms with Crippen LogP contribution in [0.1, 0.15) is 39.0 Å². The Kier molecular flexibility index (Phi) is 6.15. The lowest BCUT2D eigenvalue weighted by Gasteiger charge is -2.36. The lowest BCUT2D eigenvalue weighted by atomic mass is 9.78. The fourth-order valence-corrected chi connectivity index (χ4v) is 8.15. The van der Waals surface area contributed by atoms with E-state index in [1.54, 1.807) is 22.5 Å². The number of amides is 1. The first-order valence-corrected chi connectivity index (χ1v) is 14.8. The quantitative estimate of drug-likeness (QED) is 0.468. The Morgan fingerprint density at radius 3 is 2.97 bits per heavy atom. The summed E-state index contributed by atoms with van der Waals surface area (Å²) in [5.74, 6) is 0.580. The zero-order chi connectivity index (χ0) is 25.1. The maximum atomic E-state index is 13.6. The number of fused-ring (bicyclic) bond motifs is 3. The van der Waals surface area contributed by atoms with E-state index in [1.165, 1.54) is 11.3 Å². The first kappa shape index (κ1) is 24.4. The van der Waals surface area contributed by atoms with E-state index >= 15 is 0 Å². The molecule has 4 aliphatic rings. The molecule has 10 nitrogen and oxygen atoms in total. The van der Waals surface area contributed by atoms with Crippen molar-refractivity contribution in [2.75, 3.05) is 32.0 Å². The predicted molar refractivity (Wildman–Crippen MR) is 134 cm³/mol. The Balaban J connectivity index is 1.06. The largest absolute Gasteiger partial charge is 0.443 e. The zero-order valence-electron chi connectivity index (χ0n) is 20.2. The molecule has 196 valence electrons. The highest BCUT2D eigenvalue weighted by Gasteiger charge is 2.53. The van der Waals surface area contributed by atoms with Gasteiger partial charge in [-0.2, -0.15) is 4.31 Å². The summed E-state index contributed by atoms with van der Waals surface area (Å²) in [6.07, 6.45) is 3.27. The molecule has 1 amide bonds. The van der Waals surface area contributed by atoms with Crippen LogP contribution < -0.4 is 11.1 Å². The Morgan fingerprint density at radius 2 is 2.17 bits per heavy atom. The maximum Gasteiger partial charge on any atom is 0.407 e. The summed E-state index contributed by atoms with van der Waals surface area (Å²) in [7, 11) is -3.71. The van der Waals surface area contributed by atoms with Crippen LogP contribution in [0.2, 0.25) is 0 Å². The number of rotatable bonds is 9. The van der Waals surface area contributed by atoms with Crippen LogP contribution in [0.4, 0.5) is 9.93 Å². The molecule has 2 aliphatic carbocycles. The number of sulfonamides is 1. The van der Waals surface area contributed by atoms with Crippen LogP contribution in [0.15, 0.2) is 23.1 Å². The third-order valence-corrected chi connectivity index (χ3v) is 10.6. The average molecular weight is 537 g/mol. The number of carbonyl (C=O) groups excluding carboxylic acids is 1. The number of aromatic nitrogens is 1. The van der Waals surface area contributed by atoms with Crippen LogP contribution in [-0.2, 0) is 24.2 Å². The van der Waals surface area contributed by atoms with E-state index in [2.05, 4.69) is 17.2 Å². The molecule has 2 saturated carbocycles. The number of ether oxygens (including phenoxy) is 3. The molecule has 2 aliphatic heterocycles. The molecule has 3 N–H and O–H groups in total. The Morgan fingerprint density at radius 1 is 1.33 bits per heavy atom. The molecule has 5 unspecified atom stereocenters. The highest BCUT2D eigenvalue weighted by Crippen LogP contribution is 2.47. The monoisotopic (exact) mass is 536 g/mol.